The second-order valence-corrected chi connectivity index (χ2v) is 6.83. The Kier molecular flexibility index (Phi) is 5.69. The summed E-state index contributed by atoms with van der Waals surface area (Å²) in [5.74, 6) is 3.83. The van der Waals surface area contributed by atoms with Crippen LogP contribution in [0.15, 0.2) is 18.2 Å². The maximum Gasteiger partial charge on any atom is 0.122 e. The van der Waals surface area contributed by atoms with E-state index in [0.717, 1.165) is 24.7 Å². The van der Waals surface area contributed by atoms with Crippen molar-refractivity contribution in [3.63, 3.8) is 0 Å². The van der Waals surface area contributed by atoms with Gasteiger partial charge in [0.1, 0.15) is 5.75 Å². The Bertz CT molecular complexity index is 531. The van der Waals surface area contributed by atoms with Crippen LogP contribution in [-0.2, 0) is 0 Å². The molecule has 1 aromatic rings. The summed E-state index contributed by atoms with van der Waals surface area (Å²) in [7, 11) is 2.80. The van der Waals surface area contributed by atoms with Crippen molar-refractivity contribution in [1.29, 1.82) is 0 Å². The second kappa shape index (κ2) is 7.32. The number of fused-ring (bicyclic) bond motifs is 3. The van der Waals surface area contributed by atoms with Crippen molar-refractivity contribution in [1.82, 2.24) is 0 Å². The molecule has 2 unspecified atom stereocenters. The van der Waals surface area contributed by atoms with E-state index in [0.29, 0.717) is 11.8 Å². The molecule has 3 atom stereocenters. The van der Waals surface area contributed by atoms with Crippen LogP contribution in [0, 0.1) is 11.8 Å². The van der Waals surface area contributed by atoms with Crippen LogP contribution in [0.25, 0.3) is 6.08 Å². The van der Waals surface area contributed by atoms with Crippen molar-refractivity contribution in [3.8, 4) is 5.75 Å². The molecule has 3 rings (SSSR count). The molecule has 2 aliphatic rings. The van der Waals surface area contributed by atoms with E-state index in [1.54, 1.807) is 7.11 Å². The first-order chi connectivity index (χ1) is 10.6. The lowest BCUT2D eigenvalue weighted by atomic mass is 9.66. The molecular weight excluding hydrogens is 272 g/mol. The fraction of sp³-hybridized carbons (Fsp3) is 0.600. The van der Waals surface area contributed by atoms with Crippen LogP contribution in [0.2, 0.25) is 0 Å². The van der Waals surface area contributed by atoms with Gasteiger partial charge in [-0.05, 0) is 58.9 Å². The Morgan fingerprint density at radius 3 is 2.55 bits per heavy atom. The number of hydrogen-bond acceptors (Lipinski definition) is 2. The second-order valence-electron chi connectivity index (χ2n) is 6.83. The van der Waals surface area contributed by atoms with E-state index in [2.05, 4.69) is 45.1 Å². The maximum absolute atomic E-state index is 7.00. The fourth-order valence-electron chi connectivity index (χ4n) is 4.07. The molecule has 1 aromatic carbocycles. The number of aliphatic hydroxyl groups excluding tert-OH is 1. The molecule has 0 amide bonds. The summed E-state index contributed by atoms with van der Waals surface area (Å²) >= 11 is 0. The van der Waals surface area contributed by atoms with E-state index in [4.69, 9.17) is 9.84 Å². The van der Waals surface area contributed by atoms with Crippen LogP contribution in [0.4, 0.5) is 0 Å². The third kappa shape index (κ3) is 3.08. The Morgan fingerprint density at radius 2 is 1.91 bits per heavy atom. The molecular formula is C20H30O2. The van der Waals surface area contributed by atoms with Crippen LogP contribution in [0.5, 0.6) is 5.75 Å². The molecule has 1 N–H and O–H groups in total. The molecule has 2 heteroatoms. The van der Waals surface area contributed by atoms with E-state index >= 15 is 0 Å². The predicted molar refractivity (Wildman–Crippen MR) is 93.5 cm³/mol. The number of allylic oxidation sites excluding steroid dienone is 1. The number of aliphatic hydroxyl groups is 1. The average Bonchev–Trinajstić information content (AvgIpc) is 2.55. The van der Waals surface area contributed by atoms with Gasteiger partial charge in [0.15, 0.2) is 0 Å². The van der Waals surface area contributed by atoms with Crippen LogP contribution in [-0.4, -0.2) is 19.3 Å². The lowest BCUT2D eigenvalue weighted by molar-refractivity contribution is 0.264. The monoisotopic (exact) mass is 302 g/mol. The highest BCUT2D eigenvalue weighted by molar-refractivity contribution is 5.62. The number of ether oxygens (including phenoxy) is 1. The summed E-state index contributed by atoms with van der Waals surface area (Å²) < 4.78 is 5.66. The van der Waals surface area contributed by atoms with Gasteiger partial charge >= 0.3 is 0 Å². The smallest absolute Gasteiger partial charge is 0.122 e. The molecule has 0 bridgehead atoms. The number of hydrogen-bond donors (Lipinski definition) is 1. The normalized spacial score (nSPS) is 25.9. The number of benzene rings is 1. The summed E-state index contributed by atoms with van der Waals surface area (Å²) in [6.07, 6.45) is 8.89. The Balaban J connectivity index is 0.000000847. The fourth-order valence-corrected chi connectivity index (χ4v) is 4.07. The third-order valence-corrected chi connectivity index (χ3v) is 5.25. The molecule has 0 radical (unpaired) electrons. The van der Waals surface area contributed by atoms with Crippen molar-refractivity contribution >= 4 is 6.08 Å². The van der Waals surface area contributed by atoms with Gasteiger partial charge in [-0.15, -0.1) is 0 Å². The number of methoxy groups -OCH3 is 1. The van der Waals surface area contributed by atoms with Crippen molar-refractivity contribution < 1.29 is 9.84 Å². The standard InChI is InChI=1S/C19H26O.CH4O/c1-12(2)17-10-14-8-9-15-13(3)6-5-7-16(15)18(14)11-19(17)20-4;1-2/h8-13,15-16H,5-7H2,1-4H3;2H,1H3/t13-,15?,16?;/m1./s1. The van der Waals surface area contributed by atoms with E-state index < -0.39 is 0 Å². The van der Waals surface area contributed by atoms with Gasteiger partial charge in [0.05, 0.1) is 7.11 Å². The van der Waals surface area contributed by atoms with Gasteiger partial charge in [-0.2, -0.15) is 0 Å². The highest BCUT2D eigenvalue weighted by Crippen LogP contribution is 2.47. The highest BCUT2D eigenvalue weighted by Gasteiger charge is 2.33. The van der Waals surface area contributed by atoms with Crippen molar-refractivity contribution in [2.45, 2.75) is 51.9 Å². The zero-order chi connectivity index (χ0) is 16.3. The Labute approximate surface area is 135 Å². The number of rotatable bonds is 2. The highest BCUT2D eigenvalue weighted by atomic mass is 16.5. The van der Waals surface area contributed by atoms with Gasteiger partial charge in [0.25, 0.3) is 0 Å². The molecule has 1 saturated carbocycles. The van der Waals surface area contributed by atoms with Gasteiger partial charge in [-0.1, -0.05) is 45.8 Å². The molecule has 0 aliphatic heterocycles. The Morgan fingerprint density at radius 1 is 1.18 bits per heavy atom. The topological polar surface area (TPSA) is 29.5 Å². The lowest BCUT2D eigenvalue weighted by Crippen LogP contribution is -2.26. The molecule has 22 heavy (non-hydrogen) atoms. The Hall–Kier alpha value is -1.28. The minimum Gasteiger partial charge on any atom is -0.496 e. The first-order valence-corrected chi connectivity index (χ1v) is 8.46. The van der Waals surface area contributed by atoms with Crippen molar-refractivity contribution in [2.24, 2.45) is 11.8 Å². The minimum absolute atomic E-state index is 0.506. The first-order valence-electron chi connectivity index (χ1n) is 8.46. The van der Waals surface area contributed by atoms with Crippen LogP contribution in [0.3, 0.4) is 0 Å². The van der Waals surface area contributed by atoms with Gasteiger partial charge in [0.2, 0.25) is 0 Å². The minimum atomic E-state index is 0.506. The summed E-state index contributed by atoms with van der Waals surface area (Å²) in [6, 6.07) is 4.68. The van der Waals surface area contributed by atoms with Gasteiger partial charge in [0, 0.05) is 7.11 Å². The van der Waals surface area contributed by atoms with E-state index in [9.17, 15) is 0 Å². The summed E-state index contributed by atoms with van der Waals surface area (Å²) in [4.78, 5) is 0. The molecule has 1 fully saturated rings. The van der Waals surface area contributed by atoms with Crippen LogP contribution >= 0.6 is 0 Å². The largest absolute Gasteiger partial charge is 0.496 e. The lowest BCUT2D eigenvalue weighted by Gasteiger charge is -2.38. The van der Waals surface area contributed by atoms with Crippen LogP contribution in [0.1, 0.15) is 68.6 Å². The quantitative estimate of drug-likeness (QED) is 0.835. The summed E-state index contributed by atoms with van der Waals surface area (Å²) in [5, 5.41) is 7.00. The summed E-state index contributed by atoms with van der Waals surface area (Å²) in [6.45, 7) is 6.89. The molecule has 0 saturated heterocycles. The molecule has 0 heterocycles. The molecule has 122 valence electrons. The molecule has 2 nitrogen and oxygen atoms in total. The first kappa shape index (κ1) is 17.1. The van der Waals surface area contributed by atoms with E-state index in [1.165, 1.54) is 36.0 Å². The van der Waals surface area contributed by atoms with Crippen LogP contribution < -0.4 is 4.74 Å². The van der Waals surface area contributed by atoms with E-state index in [-0.39, 0.29) is 0 Å². The summed E-state index contributed by atoms with van der Waals surface area (Å²) in [5.41, 5.74) is 4.27. The van der Waals surface area contributed by atoms with Gasteiger partial charge in [-0.25, -0.2) is 0 Å². The third-order valence-electron chi connectivity index (χ3n) is 5.25. The maximum atomic E-state index is 7.00. The zero-order valence-corrected chi connectivity index (χ0v) is 14.6. The predicted octanol–water partition coefficient (Wildman–Crippen LogP) is 4.97. The SMILES string of the molecule is CO.COc1cc2c(cc1C(C)C)C=CC1C2CCC[C@H]1C. The average molecular weight is 302 g/mol. The van der Waals surface area contributed by atoms with Crippen molar-refractivity contribution in [3.05, 3.63) is 34.9 Å². The van der Waals surface area contributed by atoms with Gasteiger partial charge in [-0.3, -0.25) is 0 Å². The van der Waals surface area contributed by atoms with E-state index in [1.807, 2.05) is 0 Å². The molecule has 0 aromatic heterocycles. The van der Waals surface area contributed by atoms with Crippen molar-refractivity contribution in [2.75, 3.05) is 14.2 Å². The molecule has 0 spiro atoms. The zero-order valence-electron chi connectivity index (χ0n) is 14.6. The molecule has 2 aliphatic carbocycles. The van der Waals surface area contributed by atoms with Gasteiger partial charge < -0.3 is 9.84 Å².